The first-order valence-electron chi connectivity index (χ1n) is 13.4. The summed E-state index contributed by atoms with van der Waals surface area (Å²) in [5.74, 6) is -0.300. The number of nitrogens with one attached hydrogen (secondary N) is 1. The average Bonchev–Trinajstić information content (AvgIpc) is 3.36. The summed E-state index contributed by atoms with van der Waals surface area (Å²) in [4.78, 5) is 2.27. The zero-order chi connectivity index (χ0) is 29.5. The van der Waals surface area contributed by atoms with Crippen LogP contribution in [0.2, 0.25) is 0 Å². The highest BCUT2D eigenvalue weighted by molar-refractivity contribution is 5.34. The van der Waals surface area contributed by atoms with E-state index in [9.17, 15) is 31.4 Å². The minimum absolute atomic E-state index is 0.00890. The minimum Gasteiger partial charge on any atom is -0.388 e. The van der Waals surface area contributed by atoms with E-state index in [4.69, 9.17) is 4.74 Å². The summed E-state index contributed by atoms with van der Waals surface area (Å²) in [5.41, 5.74) is -2.80. The number of benzene rings is 3. The predicted octanol–water partition coefficient (Wildman–Crippen LogP) is 6.24. The van der Waals surface area contributed by atoms with Gasteiger partial charge in [-0.1, -0.05) is 60.7 Å². The van der Waals surface area contributed by atoms with Gasteiger partial charge in [0, 0.05) is 38.0 Å². The van der Waals surface area contributed by atoms with E-state index in [-0.39, 0.29) is 36.6 Å². The average molecular weight is 579 g/mol. The van der Waals surface area contributed by atoms with Gasteiger partial charge in [-0.2, -0.15) is 26.3 Å². The lowest BCUT2D eigenvalue weighted by molar-refractivity contribution is -0.143. The number of aliphatic hydroxyl groups is 1. The monoisotopic (exact) mass is 578 g/mol. The fourth-order valence-electron chi connectivity index (χ4n) is 6.31. The number of piperidine rings is 1. The zero-order valence-electron chi connectivity index (χ0n) is 22.5. The van der Waals surface area contributed by atoms with Crippen LogP contribution in [0.3, 0.4) is 0 Å². The maximum Gasteiger partial charge on any atom is 0.416 e. The Hall–Kier alpha value is -2.92. The summed E-state index contributed by atoms with van der Waals surface area (Å²) in [6.45, 7) is 3.51. The van der Waals surface area contributed by atoms with Crippen LogP contribution in [0, 0.1) is 11.8 Å². The number of hydrogen-bond donors (Lipinski definition) is 2. The molecule has 220 valence electrons. The Balaban J connectivity index is 1.44. The third-order valence-electron chi connectivity index (χ3n) is 8.37. The van der Waals surface area contributed by atoms with Crippen LogP contribution in [0.5, 0.6) is 0 Å². The molecule has 2 fully saturated rings. The molecule has 0 unspecified atom stereocenters. The van der Waals surface area contributed by atoms with Gasteiger partial charge in [0.15, 0.2) is 0 Å². The number of rotatable bonds is 7. The van der Waals surface area contributed by atoms with Crippen molar-refractivity contribution in [3.05, 3.63) is 107 Å². The van der Waals surface area contributed by atoms with Gasteiger partial charge in [0.05, 0.1) is 35.5 Å². The maximum atomic E-state index is 13.4. The van der Waals surface area contributed by atoms with E-state index in [1.165, 1.54) is 0 Å². The molecule has 0 radical (unpaired) electrons. The van der Waals surface area contributed by atoms with Crippen LogP contribution in [-0.4, -0.2) is 41.8 Å². The molecule has 2 aliphatic rings. The van der Waals surface area contributed by atoms with Crippen molar-refractivity contribution >= 4 is 0 Å². The van der Waals surface area contributed by atoms with Crippen molar-refractivity contribution in [3.8, 4) is 0 Å². The molecule has 2 N–H and O–H groups in total. The molecule has 2 aliphatic heterocycles. The molecule has 0 saturated carbocycles. The van der Waals surface area contributed by atoms with Crippen LogP contribution < -0.4 is 5.32 Å². The summed E-state index contributed by atoms with van der Waals surface area (Å²) in [7, 11) is 0. The van der Waals surface area contributed by atoms with Crippen molar-refractivity contribution in [1.29, 1.82) is 0 Å². The summed E-state index contributed by atoms with van der Waals surface area (Å²) in [6.07, 6.45) is -9.87. The normalized spacial score (nSPS) is 27.1. The van der Waals surface area contributed by atoms with Crippen molar-refractivity contribution in [1.82, 2.24) is 10.2 Å². The van der Waals surface area contributed by atoms with Crippen LogP contribution in [0.15, 0.2) is 78.9 Å². The quantitative estimate of drug-likeness (QED) is 0.326. The maximum absolute atomic E-state index is 13.4. The van der Waals surface area contributed by atoms with Gasteiger partial charge in [-0.05, 0) is 41.8 Å². The van der Waals surface area contributed by atoms with E-state index in [2.05, 4.69) is 10.2 Å². The molecule has 0 aromatic heterocycles. The van der Waals surface area contributed by atoms with Crippen molar-refractivity contribution < 1.29 is 36.2 Å². The second-order valence-corrected chi connectivity index (χ2v) is 11.3. The highest BCUT2D eigenvalue weighted by Gasteiger charge is 2.57. The van der Waals surface area contributed by atoms with E-state index >= 15 is 0 Å². The van der Waals surface area contributed by atoms with Crippen molar-refractivity contribution in [2.75, 3.05) is 26.2 Å². The van der Waals surface area contributed by atoms with Crippen molar-refractivity contribution in [3.63, 3.8) is 0 Å². The lowest BCUT2D eigenvalue weighted by Gasteiger charge is -2.52. The SMILES string of the molecule is C[C@]1(O)CN[C@](COCc2cc(C(F)(F)F)cc(C(F)(F)F)c2)(c2ccccc2)[C@@H]2CN(Cc3ccccc3)C[C@@H]21. The Morgan fingerprint density at radius 2 is 1.39 bits per heavy atom. The van der Waals surface area contributed by atoms with Crippen LogP contribution in [0.4, 0.5) is 26.3 Å². The van der Waals surface area contributed by atoms with Gasteiger partial charge >= 0.3 is 12.4 Å². The Bertz CT molecular complexity index is 1300. The molecule has 2 saturated heterocycles. The third-order valence-corrected chi connectivity index (χ3v) is 8.37. The molecule has 0 spiro atoms. The van der Waals surface area contributed by atoms with E-state index in [1.54, 1.807) is 6.92 Å². The first kappa shape index (κ1) is 29.6. The molecule has 0 bridgehead atoms. The summed E-state index contributed by atoms with van der Waals surface area (Å²) < 4.78 is 86.4. The number of β-amino-alcohol motifs (C(OH)–C–C–N with tert-alkyl or cyclic N) is 1. The predicted molar refractivity (Wildman–Crippen MR) is 142 cm³/mol. The van der Waals surface area contributed by atoms with Gasteiger partial charge in [-0.15, -0.1) is 0 Å². The molecular formula is C31H32F6N2O2. The van der Waals surface area contributed by atoms with Crippen LogP contribution in [0.25, 0.3) is 0 Å². The molecule has 5 rings (SSSR count). The van der Waals surface area contributed by atoms with Crippen molar-refractivity contribution in [2.24, 2.45) is 11.8 Å². The van der Waals surface area contributed by atoms with Gasteiger partial charge in [-0.3, -0.25) is 4.90 Å². The second-order valence-electron chi connectivity index (χ2n) is 11.3. The van der Waals surface area contributed by atoms with Crippen LogP contribution in [-0.2, 0) is 35.8 Å². The molecule has 4 nitrogen and oxygen atoms in total. The van der Waals surface area contributed by atoms with Gasteiger partial charge in [0.2, 0.25) is 0 Å². The molecular weight excluding hydrogens is 546 g/mol. The fraction of sp³-hybridized carbons (Fsp3) is 0.419. The summed E-state index contributed by atoms with van der Waals surface area (Å²) in [5, 5.41) is 14.9. The summed E-state index contributed by atoms with van der Waals surface area (Å²) in [6, 6.07) is 20.9. The Kier molecular flexibility index (Phi) is 7.97. The highest BCUT2D eigenvalue weighted by Crippen LogP contribution is 2.47. The highest BCUT2D eigenvalue weighted by atomic mass is 19.4. The number of fused-ring (bicyclic) bond motifs is 1. The Morgan fingerprint density at radius 1 is 0.829 bits per heavy atom. The van der Waals surface area contributed by atoms with Gasteiger partial charge in [0.1, 0.15) is 0 Å². The van der Waals surface area contributed by atoms with E-state index in [1.807, 2.05) is 60.7 Å². The lowest BCUT2D eigenvalue weighted by atomic mass is 9.65. The molecule has 10 heteroatoms. The standard InChI is InChI=1S/C31H32F6N2O2/c1-28(40)19-38-29(23-10-6-3-7-11-23,27-17-39(16-26(27)28)15-21-8-4-2-5-9-21)20-41-18-22-12-24(30(32,33)34)14-25(13-22)31(35,36)37/h2-14,26-27,38,40H,15-20H2,1H3/t26-,27+,28-,29+/m0/s1. The molecule has 0 amide bonds. The van der Waals surface area contributed by atoms with Crippen LogP contribution in [0.1, 0.15) is 34.7 Å². The third kappa shape index (κ3) is 6.30. The van der Waals surface area contributed by atoms with E-state index in [0.29, 0.717) is 31.8 Å². The first-order chi connectivity index (χ1) is 19.3. The molecule has 4 atom stereocenters. The molecule has 41 heavy (non-hydrogen) atoms. The first-order valence-corrected chi connectivity index (χ1v) is 13.4. The van der Waals surface area contributed by atoms with Gasteiger partial charge in [-0.25, -0.2) is 0 Å². The largest absolute Gasteiger partial charge is 0.416 e. The molecule has 2 heterocycles. The number of halogens is 6. The topological polar surface area (TPSA) is 44.7 Å². The Labute approximate surface area is 234 Å². The number of nitrogens with zero attached hydrogens (tertiary/aromatic N) is 1. The number of ether oxygens (including phenoxy) is 1. The van der Waals surface area contributed by atoms with Crippen LogP contribution >= 0.6 is 0 Å². The fourth-order valence-corrected chi connectivity index (χ4v) is 6.31. The zero-order valence-corrected chi connectivity index (χ0v) is 22.5. The molecule has 3 aromatic carbocycles. The Morgan fingerprint density at radius 3 is 1.98 bits per heavy atom. The van der Waals surface area contributed by atoms with Gasteiger partial charge < -0.3 is 15.2 Å². The molecule has 0 aliphatic carbocycles. The number of likely N-dealkylation sites (tertiary alicyclic amines) is 1. The summed E-state index contributed by atoms with van der Waals surface area (Å²) >= 11 is 0. The minimum atomic E-state index is -4.93. The molecule has 3 aromatic rings. The van der Waals surface area contributed by atoms with Crippen molar-refractivity contribution in [2.45, 2.75) is 43.6 Å². The number of hydrogen-bond acceptors (Lipinski definition) is 4. The second kappa shape index (κ2) is 11.1. The number of alkyl halides is 6. The lowest BCUT2D eigenvalue weighted by Crippen LogP contribution is -2.66. The van der Waals surface area contributed by atoms with E-state index < -0.39 is 41.2 Å². The van der Waals surface area contributed by atoms with Gasteiger partial charge in [0.25, 0.3) is 0 Å². The smallest absolute Gasteiger partial charge is 0.388 e. The van der Waals surface area contributed by atoms with E-state index in [0.717, 1.165) is 11.1 Å².